The highest BCUT2D eigenvalue weighted by Gasteiger charge is 2.06. The Labute approximate surface area is 156 Å². The van der Waals surface area contributed by atoms with Crippen molar-refractivity contribution in [1.82, 2.24) is 15.6 Å². The van der Waals surface area contributed by atoms with Crippen molar-refractivity contribution >= 4 is 29.9 Å². The molecule has 0 radical (unpaired) electrons. The number of aliphatic hydroxyl groups is 1. The smallest absolute Gasteiger partial charge is 0.191 e. The third-order valence-electron chi connectivity index (χ3n) is 2.74. The first kappa shape index (κ1) is 22.1. The van der Waals surface area contributed by atoms with Gasteiger partial charge in [-0.2, -0.15) is 0 Å². The van der Waals surface area contributed by atoms with Gasteiger partial charge in [0.2, 0.25) is 0 Å². The van der Waals surface area contributed by atoms with Gasteiger partial charge in [0.25, 0.3) is 0 Å². The number of aliphatic imine (C=N–C) groups is 1. The molecule has 1 rings (SSSR count). The zero-order valence-electron chi connectivity index (χ0n) is 14.2. The summed E-state index contributed by atoms with van der Waals surface area (Å²) in [5.74, 6) is 1.13. The van der Waals surface area contributed by atoms with E-state index in [-0.39, 0.29) is 24.0 Å². The van der Waals surface area contributed by atoms with E-state index in [4.69, 9.17) is 4.74 Å². The second-order valence-electron chi connectivity index (χ2n) is 5.48. The van der Waals surface area contributed by atoms with E-state index in [9.17, 15) is 5.11 Å². The van der Waals surface area contributed by atoms with Gasteiger partial charge in [0, 0.05) is 25.9 Å². The number of halogens is 1. The summed E-state index contributed by atoms with van der Waals surface area (Å²) < 4.78 is 5.42. The van der Waals surface area contributed by atoms with Crippen molar-refractivity contribution < 1.29 is 9.84 Å². The maximum absolute atomic E-state index is 9.88. The molecule has 3 N–H and O–H groups in total. The Morgan fingerprint density at radius 3 is 2.70 bits per heavy atom. The second kappa shape index (κ2) is 13.5. The van der Waals surface area contributed by atoms with E-state index in [0.29, 0.717) is 38.2 Å². The molecular weight excluding hydrogens is 407 g/mol. The molecule has 0 aliphatic rings. The molecule has 1 aromatic heterocycles. The molecule has 23 heavy (non-hydrogen) atoms. The van der Waals surface area contributed by atoms with Crippen LogP contribution >= 0.6 is 24.0 Å². The van der Waals surface area contributed by atoms with Gasteiger partial charge in [0.1, 0.15) is 0 Å². The molecule has 132 valence electrons. The molecule has 0 fully saturated rings. The van der Waals surface area contributed by atoms with Crippen molar-refractivity contribution in [3.8, 4) is 0 Å². The summed E-state index contributed by atoms with van der Waals surface area (Å²) in [6.07, 6.45) is 1.19. The van der Waals surface area contributed by atoms with Gasteiger partial charge in [0.15, 0.2) is 5.96 Å². The lowest BCUT2D eigenvalue weighted by Gasteiger charge is -2.16. The lowest BCUT2D eigenvalue weighted by atomic mass is 10.2. The normalized spacial score (nSPS) is 12.7. The van der Waals surface area contributed by atoms with Crippen LogP contribution in [0.15, 0.2) is 29.4 Å². The van der Waals surface area contributed by atoms with Crippen molar-refractivity contribution in [1.29, 1.82) is 0 Å². The van der Waals surface area contributed by atoms with Crippen LogP contribution in [0.2, 0.25) is 0 Å². The number of hydrogen-bond donors (Lipinski definition) is 3. The number of guanidine groups is 1. The summed E-state index contributed by atoms with van der Waals surface area (Å²) in [6, 6.07) is 5.75. The molecular formula is C16H29IN4O2. The van der Waals surface area contributed by atoms with Crippen LogP contribution < -0.4 is 10.6 Å². The first-order valence-corrected chi connectivity index (χ1v) is 7.79. The van der Waals surface area contributed by atoms with Crippen molar-refractivity contribution in [2.75, 3.05) is 26.3 Å². The molecule has 0 amide bonds. The number of rotatable bonds is 9. The number of hydrogen-bond acceptors (Lipinski definition) is 4. The topological polar surface area (TPSA) is 78.8 Å². The first-order valence-electron chi connectivity index (χ1n) is 7.79. The Kier molecular flexibility index (Phi) is 13.0. The number of aliphatic hydroxyl groups excluding tert-OH is 1. The van der Waals surface area contributed by atoms with Crippen molar-refractivity contribution in [3.05, 3.63) is 30.1 Å². The zero-order valence-corrected chi connectivity index (χ0v) is 16.5. The van der Waals surface area contributed by atoms with Crippen molar-refractivity contribution in [2.24, 2.45) is 10.9 Å². The van der Waals surface area contributed by atoms with Crippen LogP contribution in [0.4, 0.5) is 0 Å². The fourth-order valence-electron chi connectivity index (χ4n) is 1.71. The molecule has 1 atom stereocenters. The highest BCUT2D eigenvalue weighted by Crippen LogP contribution is 1.96. The first-order chi connectivity index (χ1) is 10.6. The maximum atomic E-state index is 9.88. The lowest BCUT2D eigenvalue weighted by Crippen LogP contribution is -2.42. The van der Waals surface area contributed by atoms with Crippen molar-refractivity contribution in [3.63, 3.8) is 0 Å². The van der Waals surface area contributed by atoms with E-state index >= 15 is 0 Å². The molecule has 1 unspecified atom stereocenters. The summed E-state index contributed by atoms with van der Waals surface area (Å²) >= 11 is 0. The standard InChI is InChI=1S/C16H28N4O2.HI/c1-4-17-16(19-9-14-7-5-6-8-18-14)20-10-15(21)12-22-11-13(2)3;/h5-8,13,15,21H,4,9-12H2,1-3H3,(H2,17,19,20);1H. The van der Waals surface area contributed by atoms with E-state index in [2.05, 4.69) is 34.5 Å². The molecule has 0 saturated carbocycles. The average Bonchev–Trinajstić information content (AvgIpc) is 2.50. The van der Waals surface area contributed by atoms with Crippen LogP contribution in [0, 0.1) is 5.92 Å². The molecule has 0 aromatic carbocycles. The van der Waals surface area contributed by atoms with Crippen LogP contribution in [-0.2, 0) is 11.3 Å². The van der Waals surface area contributed by atoms with Gasteiger partial charge in [-0.05, 0) is 25.0 Å². The molecule has 1 aromatic rings. The van der Waals surface area contributed by atoms with Gasteiger partial charge in [-0.3, -0.25) is 4.98 Å². The minimum atomic E-state index is -0.558. The SMILES string of the molecule is CCNC(=NCc1ccccn1)NCC(O)COCC(C)C.I. The van der Waals surface area contributed by atoms with Crippen molar-refractivity contribution in [2.45, 2.75) is 33.4 Å². The minimum absolute atomic E-state index is 0. The highest BCUT2D eigenvalue weighted by molar-refractivity contribution is 14.0. The van der Waals surface area contributed by atoms with Crippen LogP contribution in [0.3, 0.4) is 0 Å². The number of nitrogens with one attached hydrogen (secondary N) is 2. The predicted molar refractivity (Wildman–Crippen MR) is 104 cm³/mol. The molecule has 6 nitrogen and oxygen atoms in total. The highest BCUT2D eigenvalue weighted by atomic mass is 127. The molecule has 0 saturated heterocycles. The third kappa shape index (κ3) is 11.3. The van der Waals surface area contributed by atoms with Crippen LogP contribution in [0.25, 0.3) is 0 Å². The van der Waals surface area contributed by atoms with E-state index in [1.54, 1.807) is 6.20 Å². The molecule has 0 aliphatic carbocycles. The number of ether oxygens (including phenoxy) is 1. The van der Waals surface area contributed by atoms with Crippen LogP contribution in [-0.4, -0.2) is 48.5 Å². The third-order valence-corrected chi connectivity index (χ3v) is 2.74. The Morgan fingerprint density at radius 1 is 1.30 bits per heavy atom. The van der Waals surface area contributed by atoms with Crippen LogP contribution in [0.5, 0.6) is 0 Å². The lowest BCUT2D eigenvalue weighted by molar-refractivity contribution is 0.0280. The van der Waals surface area contributed by atoms with Gasteiger partial charge < -0.3 is 20.5 Å². The Bertz CT molecular complexity index is 429. The zero-order chi connectivity index (χ0) is 16.2. The summed E-state index contributed by atoms with van der Waals surface area (Å²) in [5.41, 5.74) is 0.903. The summed E-state index contributed by atoms with van der Waals surface area (Å²) in [6.45, 7) is 8.79. The molecule has 0 spiro atoms. The molecule has 7 heteroatoms. The fraction of sp³-hybridized carbons (Fsp3) is 0.625. The Morgan fingerprint density at radius 2 is 2.09 bits per heavy atom. The molecule has 0 bridgehead atoms. The number of pyridine rings is 1. The monoisotopic (exact) mass is 436 g/mol. The second-order valence-corrected chi connectivity index (χ2v) is 5.48. The average molecular weight is 436 g/mol. The van der Waals surface area contributed by atoms with E-state index < -0.39 is 6.10 Å². The number of aromatic nitrogens is 1. The van der Waals surface area contributed by atoms with Gasteiger partial charge in [-0.15, -0.1) is 24.0 Å². The van der Waals surface area contributed by atoms with E-state index in [0.717, 1.165) is 12.2 Å². The minimum Gasteiger partial charge on any atom is -0.389 e. The largest absolute Gasteiger partial charge is 0.389 e. The van der Waals surface area contributed by atoms with E-state index in [1.165, 1.54) is 0 Å². The van der Waals surface area contributed by atoms with Gasteiger partial charge in [-0.25, -0.2) is 4.99 Å². The molecule has 1 heterocycles. The van der Waals surface area contributed by atoms with E-state index in [1.807, 2.05) is 25.1 Å². The van der Waals surface area contributed by atoms with Gasteiger partial charge in [0.05, 0.1) is 24.9 Å². The fourth-order valence-corrected chi connectivity index (χ4v) is 1.71. The van der Waals surface area contributed by atoms with Gasteiger partial charge >= 0.3 is 0 Å². The Balaban J connectivity index is 0.00000484. The summed E-state index contributed by atoms with van der Waals surface area (Å²) in [7, 11) is 0. The quantitative estimate of drug-likeness (QED) is 0.313. The number of nitrogens with zero attached hydrogens (tertiary/aromatic N) is 2. The maximum Gasteiger partial charge on any atom is 0.191 e. The summed E-state index contributed by atoms with van der Waals surface area (Å²) in [4.78, 5) is 8.68. The van der Waals surface area contributed by atoms with Crippen LogP contribution in [0.1, 0.15) is 26.5 Å². The summed E-state index contributed by atoms with van der Waals surface area (Å²) in [5, 5.41) is 16.1. The predicted octanol–water partition coefficient (Wildman–Crippen LogP) is 1.79. The Hall–Kier alpha value is -0.930. The molecule has 0 aliphatic heterocycles. The van der Waals surface area contributed by atoms with Gasteiger partial charge in [-0.1, -0.05) is 19.9 Å².